The molecule has 1 amide bonds. The fraction of sp³-hybridized carbons (Fsp3) is 0.435. The highest BCUT2D eigenvalue weighted by molar-refractivity contribution is 5.95. The predicted molar refractivity (Wildman–Crippen MR) is 127 cm³/mol. The number of likely N-dealkylation sites (N-methyl/N-ethyl adjacent to an activating group) is 1. The Balaban J connectivity index is 1.91. The Bertz CT molecular complexity index is 1270. The van der Waals surface area contributed by atoms with Crippen LogP contribution in [0.25, 0.3) is 22.8 Å². The van der Waals surface area contributed by atoms with Crippen molar-refractivity contribution in [1.82, 2.24) is 29.6 Å². The molecule has 9 nitrogen and oxygen atoms in total. The van der Waals surface area contributed by atoms with Gasteiger partial charge in [0.2, 0.25) is 11.7 Å². The quantitative estimate of drug-likeness (QED) is 0.590. The van der Waals surface area contributed by atoms with Crippen molar-refractivity contribution in [3.8, 4) is 5.82 Å². The first-order chi connectivity index (χ1) is 15.9. The van der Waals surface area contributed by atoms with Crippen molar-refractivity contribution in [2.24, 2.45) is 0 Å². The van der Waals surface area contributed by atoms with Crippen molar-refractivity contribution in [2.75, 3.05) is 37.4 Å². The summed E-state index contributed by atoms with van der Waals surface area (Å²) in [4.78, 5) is 28.3. The lowest BCUT2D eigenvalue weighted by Gasteiger charge is -2.32. The molecule has 0 saturated carbocycles. The average molecular weight is 471 g/mol. The van der Waals surface area contributed by atoms with E-state index in [4.69, 9.17) is 5.10 Å². The fourth-order valence-electron chi connectivity index (χ4n) is 4.00. The number of aromatic nitrogens is 5. The van der Waals surface area contributed by atoms with E-state index >= 15 is 0 Å². The zero-order chi connectivity index (χ0) is 24.8. The fourth-order valence-corrected chi connectivity index (χ4v) is 4.00. The Kier molecular flexibility index (Phi) is 5.84. The maximum absolute atomic E-state index is 14.1. The highest BCUT2D eigenvalue weighted by atomic mass is 19.3. The van der Waals surface area contributed by atoms with Gasteiger partial charge in [0, 0.05) is 50.8 Å². The van der Waals surface area contributed by atoms with Gasteiger partial charge in [-0.25, -0.2) is 19.6 Å². The van der Waals surface area contributed by atoms with Crippen molar-refractivity contribution >= 4 is 34.5 Å². The number of hydrogen-bond acceptors (Lipinski definition) is 7. The molecule has 0 radical (unpaired) electrons. The molecular weight excluding hydrogens is 442 g/mol. The van der Waals surface area contributed by atoms with E-state index in [1.807, 2.05) is 14.1 Å². The van der Waals surface area contributed by atoms with E-state index in [0.29, 0.717) is 17.2 Å². The molecule has 1 atom stereocenters. The summed E-state index contributed by atoms with van der Waals surface area (Å²) >= 11 is 0. The van der Waals surface area contributed by atoms with E-state index < -0.39 is 11.7 Å². The maximum atomic E-state index is 14.1. The lowest BCUT2D eigenvalue weighted by atomic mass is 10.0. The molecule has 180 valence electrons. The Hall–Kier alpha value is -3.47. The van der Waals surface area contributed by atoms with E-state index in [1.54, 1.807) is 18.3 Å². The van der Waals surface area contributed by atoms with Crippen LogP contribution < -0.4 is 10.2 Å². The Labute approximate surface area is 196 Å². The number of nitrogens with one attached hydrogen (secondary N) is 1. The van der Waals surface area contributed by atoms with Gasteiger partial charge in [-0.05, 0) is 33.5 Å². The third kappa shape index (κ3) is 4.35. The van der Waals surface area contributed by atoms with Crippen LogP contribution in [0.4, 0.5) is 20.4 Å². The van der Waals surface area contributed by atoms with E-state index in [9.17, 15) is 13.6 Å². The lowest BCUT2D eigenvalue weighted by Crippen LogP contribution is -2.43. The standard InChI is InChI=1S/C23H28F2N8O/c1-7-15-10-19(29-21(28-15)23(4,24)25)33-17-11-18(27-14(2)34)26-12-16(17)20(30-33)32-9-8-22(3,13-32)31(5)6/h7,10-12H,1,8-9,13H2,2-6H3,(H,26,27,34). The predicted octanol–water partition coefficient (Wildman–Crippen LogP) is 3.45. The lowest BCUT2D eigenvalue weighted by molar-refractivity contribution is -0.114. The largest absolute Gasteiger partial charge is 0.353 e. The number of carbonyl (C=O) groups is 1. The van der Waals surface area contributed by atoms with Crippen molar-refractivity contribution in [3.63, 3.8) is 0 Å². The Morgan fingerprint density at radius 1 is 1.32 bits per heavy atom. The highest BCUT2D eigenvalue weighted by Gasteiger charge is 2.37. The monoisotopic (exact) mass is 470 g/mol. The number of nitrogens with zero attached hydrogens (tertiary/aromatic N) is 7. The van der Waals surface area contributed by atoms with Crippen LogP contribution in [0.5, 0.6) is 0 Å². The molecule has 1 fully saturated rings. The van der Waals surface area contributed by atoms with Crippen LogP contribution in [0, 0.1) is 0 Å². The third-order valence-electron chi connectivity index (χ3n) is 6.23. The van der Waals surface area contributed by atoms with Gasteiger partial charge in [-0.1, -0.05) is 6.58 Å². The van der Waals surface area contributed by atoms with Crippen LogP contribution >= 0.6 is 0 Å². The number of carbonyl (C=O) groups excluding carboxylic acids is 1. The molecule has 1 N–H and O–H groups in total. The van der Waals surface area contributed by atoms with Crippen LogP contribution in [-0.2, 0) is 10.7 Å². The molecule has 0 aromatic carbocycles. The molecule has 0 bridgehead atoms. The van der Waals surface area contributed by atoms with Crippen molar-refractivity contribution < 1.29 is 13.6 Å². The maximum Gasteiger partial charge on any atom is 0.303 e. The number of amides is 1. The van der Waals surface area contributed by atoms with Gasteiger partial charge in [0.1, 0.15) is 5.82 Å². The van der Waals surface area contributed by atoms with Crippen molar-refractivity contribution in [3.05, 3.63) is 36.4 Å². The Morgan fingerprint density at radius 2 is 2.06 bits per heavy atom. The van der Waals surface area contributed by atoms with Gasteiger partial charge in [-0.2, -0.15) is 8.78 Å². The van der Waals surface area contributed by atoms with Crippen LogP contribution in [0.3, 0.4) is 0 Å². The highest BCUT2D eigenvalue weighted by Crippen LogP contribution is 2.35. The minimum absolute atomic E-state index is 0.0397. The second kappa shape index (κ2) is 8.39. The summed E-state index contributed by atoms with van der Waals surface area (Å²) in [6.45, 7) is 9.49. The summed E-state index contributed by atoms with van der Waals surface area (Å²) < 4.78 is 29.8. The average Bonchev–Trinajstić information content (AvgIpc) is 3.34. The van der Waals surface area contributed by atoms with Gasteiger partial charge in [-0.3, -0.25) is 4.79 Å². The zero-order valence-electron chi connectivity index (χ0n) is 19.9. The van der Waals surface area contributed by atoms with Crippen LogP contribution in [0.15, 0.2) is 24.9 Å². The SMILES string of the molecule is C=Cc1cc(-n2nc(N3CCC(C)(N(C)C)C3)c3cnc(NC(C)=O)cc32)nc(C(C)(F)F)n1. The molecule has 0 spiro atoms. The molecular formula is C23H28F2N8O. The van der Waals surface area contributed by atoms with Crippen LogP contribution in [0.2, 0.25) is 0 Å². The zero-order valence-corrected chi connectivity index (χ0v) is 19.9. The van der Waals surface area contributed by atoms with Crippen molar-refractivity contribution in [2.45, 2.75) is 38.7 Å². The third-order valence-corrected chi connectivity index (χ3v) is 6.23. The molecule has 11 heteroatoms. The molecule has 4 heterocycles. The van der Waals surface area contributed by atoms with Gasteiger partial charge in [0.05, 0.1) is 16.6 Å². The second-order valence-electron chi connectivity index (χ2n) is 9.13. The van der Waals surface area contributed by atoms with Gasteiger partial charge >= 0.3 is 5.92 Å². The molecule has 3 aromatic heterocycles. The van der Waals surface area contributed by atoms with Crippen molar-refractivity contribution in [1.29, 1.82) is 0 Å². The van der Waals surface area contributed by atoms with E-state index in [-0.39, 0.29) is 23.0 Å². The van der Waals surface area contributed by atoms with E-state index in [1.165, 1.54) is 17.7 Å². The summed E-state index contributed by atoms with van der Waals surface area (Å²) in [5, 5.41) is 8.17. The van der Waals surface area contributed by atoms with Crippen LogP contribution in [-0.4, -0.2) is 68.3 Å². The number of anilines is 2. The number of fused-ring (bicyclic) bond motifs is 1. The first-order valence-electron chi connectivity index (χ1n) is 10.9. The molecule has 1 unspecified atom stereocenters. The van der Waals surface area contributed by atoms with Gasteiger partial charge in [0.15, 0.2) is 11.6 Å². The normalized spacial score (nSPS) is 18.6. The first kappa shape index (κ1) is 23.7. The smallest absolute Gasteiger partial charge is 0.303 e. The number of pyridine rings is 1. The van der Waals surface area contributed by atoms with Gasteiger partial charge in [0.25, 0.3) is 0 Å². The molecule has 4 rings (SSSR count). The summed E-state index contributed by atoms with van der Waals surface area (Å²) in [5.41, 5.74) is 0.790. The molecule has 1 aliphatic heterocycles. The number of alkyl halides is 2. The molecule has 1 aliphatic rings. The number of rotatable bonds is 6. The van der Waals surface area contributed by atoms with Crippen LogP contribution in [0.1, 0.15) is 38.7 Å². The summed E-state index contributed by atoms with van der Waals surface area (Å²) in [6.07, 6.45) is 3.96. The Morgan fingerprint density at radius 3 is 2.65 bits per heavy atom. The van der Waals surface area contributed by atoms with Gasteiger partial charge in [-0.15, -0.1) is 5.10 Å². The molecule has 1 saturated heterocycles. The second-order valence-corrected chi connectivity index (χ2v) is 9.13. The summed E-state index contributed by atoms with van der Waals surface area (Å²) in [5.74, 6) is -2.97. The molecule has 0 aliphatic carbocycles. The summed E-state index contributed by atoms with van der Waals surface area (Å²) in [6, 6.07) is 3.21. The first-order valence-corrected chi connectivity index (χ1v) is 10.9. The minimum Gasteiger partial charge on any atom is -0.353 e. The molecule has 34 heavy (non-hydrogen) atoms. The number of hydrogen-bond donors (Lipinski definition) is 1. The minimum atomic E-state index is -3.25. The molecule has 3 aromatic rings. The van der Waals surface area contributed by atoms with E-state index in [0.717, 1.165) is 31.8 Å². The summed E-state index contributed by atoms with van der Waals surface area (Å²) in [7, 11) is 4.09. The topological polar surface area (TPSA) is 92.1 Å². The number of halogens is 2. The van der Waals surface area contributed by atoms with Gasteiger partial charge < -0.3 is 15.1 Å². The van der Waals surface area contributed by atoms with E-state index in [2.05, 4.69) is 43.6 Å².